The summed E-state index contributed by atoms with van der Waals surface area (Å²) >= 11 is 5.86. The zero-order chi connectivity index (χ0) is 18.9. The first-order valence-electron chi connectivity index (χ1n) is 7.31. The number of hydrogen-bond donors (Lipinski definition) is 1. The third-order valence-electron chi connectivity index (χ3n) is 3.63. The Bertz CT molecular complexity index is 983. The zero-order valence-electron chi connectivity index (χ0n) is 12.9. The molecule has 1 aromatic carbocycles. The molecule has 2 aromatic heterocycles. The van der Waals surface area contributed by atoms with Gasteiger partial charge in [0.1, 0.15) is 11.6 Å². The van der Waals surface area contributed by atoms with Gasteiger partial charge in [0.05, 0.1) is 5.56 Å². The van der Waals surface area contributed by atoms with Crippen LogP contribution in [0.1, 0.15) is 16.8 Å². The van der Waals surface area contributed by atoms with Gasteiger partial charge < -0.3 is 4.98 Å². The van der Waals surface area contributed by atoms with Crippen LogP contribution < -0.4 is 5.56 Å². The molecule has 1 N–H and O–H groups in total. The van der Waals surface area contributed by atoms with Crippen molar-refractivity contribution in [2.75, 3.05) is 0 Å². The third-order valence-corrected chi connectivity index (χ3v) is 3.99. The van der Waals surface area contributed by atoms with Crippen molar-refractivity contribution in [2.24, 2.45) is 0 Å². The van der Waals surface area contributed by atoms with Crippen molar-refractivity contribution in [3.8, 4) is 11.4 Å². The van der Waals surface area contributed by atoms with Crippen molar-refractivity contribution in [3.05, 3.63) is 80.7 Å². The molecule has 0 fully saturated rings. The van der Waals surface area contributed by atoms with Crippen molar-refractivity contribution >= 4 is 11.6 Å². The van der Waals surface area contributed by atoms with Crippen LogP contribution in [0, 0.1) is 5.82 Å². The molecular weight excluding hydrogens is 374 g/mol. The van der Waals surface area contributed by atoms with E-state index in [9.17, 15) is 22.4 Å². The van der Waals surface area contributed by atoms with Gasteiger partial charge in [0, 0.05) is 35.0 Å². The monoisotopic (exact) mass is 383 g/mol. The molecule has 0 aliphatic rings. The van der Waals surface area contributed by atoms with E-state index in [-0.39, 0.29) is 22.0 Å². The summed E-state index contributed by atoms with van der Waals surface area (Å²) in [6.45, 7) is 0. The second-order valence-corrected chi connectivity index (χ2v) is 5.77. The summed E-state index contributed by atoms with van der Waals surface area (Å²) < 4.78 is 54.3. The molecule has 134 valence electrons. The molecule has 26 heavy (non-hydrogen) atoms. The second kappa shape index (κ2) is 6.87. The van der Waals surface area contributed by atoms with Crippen molar-refractivity contribution in [1.29, 1.82) is 0 Å². The Kier molecular flexibility index (Phi) is 4.78. The van der Waals surface area contributed by atoms with Crippen molar-refractivity contribution < 1.29 is 17.6 Å². The van der Waals surface area contributed by atoms with Crippen molar-refractivity contribution in [3.63, 3.8) is 0 Å². The maximum atomic E-state index is 13.9. The van der Waals surface area contributed by atoms with E-state index < -0.39 is 35.2 Å². The van der Waals surface area contributed by atoms with Gasteiger partial charge in [0.25, 0.3) is 5.56 Å². The summed E-state index contributed by atoms with van der Waals surface area (Å²) in [5, 5.41) is -0.0751. The van der Waals surface area contributed by atoms with E-state index in [4.69, 9.17) is 11.6 Å². The zero-order valence-corrected chi connectivity index (χ0v) is 13.7. The van der Waals surface area contributed by atoms with Crippen molar-refractivity contribution in [2.45, 2.75) is 12.6 Å². The Hall–Kier alpha value is -2.74. The first-order chi connectivity index (χ1) is 12.3. The molecule has 0 aliphatic carbocycles. The van der Waals surface area contributed by atoms with Crippen LogP contribution in [0.3, 0.4) is 0 Å². The lowest BCUT2D eigenvalue weighted by Crippen LogP contribution is -2.24. The molecule has 9 heteroatoms. The molecule has 0 unspecified atom stereocenters. The quantitative estimate of drug-likeness (QED) is 0.688. The lowest BCUT2D eigenvalue weighted by Gasteiger charge is -2.14. The van der Waals surface area contributed by atoms with Gasteiger partial charge in [-0.3, -0.25) is 9.78 Å². The lowest BCUT2D eigenvalue weighted by atomic mass is 10.0. The highest BCUT2D eigenvalue weighted by Gasteiger charge is 2.37. The molecule has 0 radical (unpaired) electrons. The lowest BCUT2D eigenvalue weighted by molar-refractivity contribution is -0.141. The number of halogens is 5. The average molecular weight is 384 g/mol. The van der Waals surface area contributed by atoms with Gasteiger partial charge in [-0.2, -0.15) is 13.2 Å². The van der Waals surface area contributed by atoms with Gasteiger partial charge >= 0.3 is 6.18 Å². The van der Waals surface area contributed by atoms with Crippen LogP contribution in [0.2, 0.25) is 5.02 Å². The van der Waals surface area contributed by atoms with E-state index in [1.807, 2.05) is 0 Å². The first kappa shape index (κ1) is 18.1. The number of aromatic nitrogens is 3. The van der Waals surface area contributed by atoms with Gasteiger partial charge in [-0.15, -0.1) is 0 Å². The number of alkyl halides is 3. The van der Waals surface area contributed by atoms with E-state index in [0.717, 1.165) is 6.07 Å². The maximum absolute atomic E-state index is 13.9. The third kappa shape index (κ3) is 3.60. The summed E-state index contributed by atoms with van der Waals surface area (Å²) in [7, 11) is 0. The molecule has 4 nitrogen and oxygen atoms in total. The molecule has 3 aromatic rings. The van der Waals surface area contributed by atoms with Crippen LogP contribution >= 0.6 is 11.6 Å². The minimum atomic E-state index is -4.90. The summed E-state index contributed by atoms with van der Waals surface area (Å²) in [5.74, 6) is -1.08. The SMILES string of the molecule is O=c1[nH]c(-c2cccnc2)nc(C(F)(F)F)c1Cc1c(F)cccc1Cl. The van der Waals surface area contributed by atoms with E-state index >= 15 is 0 Å². The van der Waals surface area contributed by atoms with Gasteiger partial charge in [-0.1, -0.05) is 17.7 Å². The minimum absolute atomic E-state index is 0.0751. The van der Waals surface area contributed by atoms with Gasteiger partial charge in [0.2, 0.25) is 0 Å². The largest absolute Gasteiger partial charge is 0.433 e. The van der Waals surface area contributed by atoms with Crippen LogP contribution in [0.15, 0.2) is 47.5 Å². The Morgan fingerprint density at radius 2 is 1.88 bits per heavy atom. The number of H-pyrrole nitrogens is 1. The van der Waals surface area contributed by atoms with Gasteiger partial charge in [0.15, 0.2) is 5.69 Å². The number of nitrogens with zero attached hydrogens (tertiary/aromatic N) is 2. The standard InChI is InChI=1S/C17H10ClF4N3O/c18-12-4-1-5-13(19)10(12)7-11-14(17(20,21)22)24-15(25-16(11)26)9-3-2-6-23-8-9/h1-6,8H,7H2,(H,24,25,26). The molecule has 3 rings (SSSR count). The molecular formula is C17H10ClF4N3O. The van der Waals surface area contributed by atoms with Crippen LogP contribution in [0.4, 0.5) is 17.6 Å². The number of rotatable bonds is 3. The fourth-order valence-electron chi connectivity index (χ4n) is 2.41. The highest BCUT2D eigenvalue weighted by Crippen LogP contribution is 2.32. The van der Waals surface area contributed by atoms with Crippen LogP contribution in [0.25, 0.3) is 11.4 Å². The summed E-state index contributed by atoms with van der Waals surface area (Å²) in [6, 6.07) is 6.66. The van der Waals surface area contributed by atoms with Gasteiger partial charge in [-0.25, -0.2) is 9.37 Å². The number of aromatic amines is 1. The van der Waals surface area contributed by atoms with E-state index in [0.29, 0.717) is 0 Å². The van der Waals surface area contributed by atoms with Gasteiger partial charge in [-0.05, 0) is 24.3 Å². The highest BCUT2D eigenvalue weighted by atomic mass is 35.5. The Balaban J connectivity index is 2.18. The summed E-state index contributed by atoms with van der Waals surface area (Å²) in [6.07, 6.45) is -2.85. The number of nitrogens with one attached hydrogen (secondary N) is 1. The predicted molar refractivity (Wildman–Crippen MR) is 87.3 cm³/mol. The summed E-state index contributed by atoms with van der Waals surface area (Å²) in [4.78, 5) is 21.9. The second-order valence-electron chi connectivity index (χ2n) is 5.36. The molecule has 0 saturated carbocycles. The average Bonchev–Trinajstić information content (AvgIpc) is 2.59. The molecule has 0 bridgehead atoms. The first-order valence-corrected chi connectivity index (χ1v) is 7.69. The predicted octanol–water partition coefficient (Wildman–Crippen LogP) is 4.23. The van der Waals surface area contributed by atoms with Crippen molar-refractivity contribution in [1.82, 2.24) is 15.0 Å². The minimum Gasteiger partial charge on any atom is -0.306 e. The Morgan fingerprint density at radius 1 is 1.12 bits per heavy atom. The van der Waals surface area contributed by atoms with E-state index in [1.54, 1.807) is 0 Å². The van der Waals surface area contributed by atoms with Crippen LogP contribution in [0.5, 0.6) is 0 Å². The molecule has 0 spiro atoms. The highest BCUT2D eigenvalue weighted by molar-refractivity contribution is 6.31. The fourth-order valence-corrected chi connectivity index (χ4v) is 2.64. The maximum Gasteiger partial charge on any atom is 0.433 e. The fraction of sp³-hybridized carbons (Fsp3) is 0.118. The normalized spacial score (nSPS) is 11.6. The van der Waals surface area contributed by atoms with Crippen LogP contribution in [-0.4, -0.2) is 15.0 Å². The Labute approximate surface area is 149 Å². The number of benzene rings is 1. The van der Waals surface area contributed by atoms with E-state index in [2.05, 4.69) is 15.0 Å². The summed E-state index contributed by atoms with van der Waals surface area (Å²) in [5.41, 5.74) is -3.12. The molecule has 0 atom stereocenters. The smallest absolute Gasteiger partial charge is 0.306 e. The van der Waals surface area contributed by atoms with E-state index in [1.165, 1.54) is 36.7 Å². The molecule has 0 aliphatic heterocycles. The Morgan fingerprint density at radius 3 is 2.50 bits per heavy atom. The number of hydrogen-bond acceptors (Lipinski definition) is 3. The molecule has 0 amide bonds. The topological polar surface area (TPSA) is 58.6 Å². The van der Waals surface area contributed by atoms with Crippen LogP contribution in [-0.2, 0) is 12.6 Å². The molecule has 0 saturated heterocycles. The number of pyridine rings is 1. The molecule has 2 heterocycles.